The minimum absolute atomic E-state index is 0.177. The number of rotatable bonds is 9. The molecule has 0 saturated heterocycles. The lowest BCUT2D eigenvalue weighted by molar-refractivity contribution is -0.144. The van der Waals surface area contributed by atoms with Crippen LogP contribution >= 0.6 is 0 Å². The van der Waals surface area contributed by atoms with Crippen molar-refractivity contribution in [1.29, 1.82) is 0 Å². The topological polar surface area (TPSA) is 106 Å². The molecule has 2 N–H and O–H groups in total. The van der Waals surface area contributed by atoms with E-state index in [0.717, 1.165) is 0 Å². The fourth-order valence-corrected chi connectivity index (χ4v) is 1.92. The summed E-state index contributed by atoms with van der Waals surface area (Å²) in [5.41, 5.74) is 3.07. The maximum Gasteiger partial charge on any atom is 0.344 e. The molecule has 0 aliphatic rings. The van der Waals surface area contributed by atoms with Crippen LogP contribution in [0, 0.1) is 0 Å². The summed E-state index contributed by atoms with van der Waals surface area (Å²) in [6.45, 7) is 1.27. The highest BCUT2D eigenvalue weighted by atomic mass is 16.5. The highest BCUT2D eigenvalue weighted by Crippen LogP contribution is 2.16. The third kappa shape index (κ3) is 6.69. The van der Waals surface area contributed by atoms with Crippen molar-refractivity contribution >= 4 is 18.1 Å². The van der Waals surface area contributed by atoms with Crippen molar-refractivity contribution in [2.75, 3.05) is 13.7 Å². The zero-order valence-corrected chi connectivity index (χ0v) is 14.9. The minimum Gasteiger partial charge on any atom is -0.497 e. The predicted molar refractivity (Wildman–Crippen MR) is 98.4 cm³/mol. The number of hydrogen-bond acceptors (Lipinski definition) is 6. The van der Waals surface area contributed by atoms with Gasteiger partial charge < -0.3 is 19.3 Å². The Kier molecular flexibility index (Phi) is 7.18. The van der Waals surface area contributed by atoms with Gasteiger partial charge in [-0.3, -0.25) is 4.79 Å². The molecular formula is C19H20N2O6. The minimum atomic E-state index is -1.04. The smallest absolute Gasteiger partial charge is 0.344 e. The molecule has 0 radical (unpaired) electrons. The summed E-state index contributed by atoms with van der Waals surface area (Å²) < 4.78 is 15.6. The summed E-state index contributed by atoms with van der Waals surface area (Å²) in [7, 11) is 1.57. The monoisotopic (exact) mass is 372 g/mol. The van der Waals surface area contributed by atoms with Crippen LogP contribution in [0.3, 0.4) is 0 Å². The number of amides is 1. The van der Waals surface area contributed by atoms with Gasteiger partial charge in [-0.15, -0.1) is 0 Å². The van der Waals surface area contributed by atoms with Gasteiger partial charge >= 0.3 is 5.97 Å². The van der Waals surface area contributed by atoms with E-state index in [2.05, 4.69) is 10.5 Å². The number of carbonyl (C=O) groups is 2. The van der Waals surface area contributed by atoms with E-state index in [9.17, 15) is 9.59 Å². The Morgan fingerprint density at radius 3 is 2.26 bits per heavy atom. The lowest BCUT2D eigenvalue weighted by atomic mass is 10.2. The second-order valence-electron chi connectivity index (χ2n) is 5.42. The standard InChI is InChI=1S/C19H20N2O6/c1-13(19(23)24)27-17-5-3-14(4-6-17)11-20-21-18(22)12-26-16-9-7-15(25-2)8-10-16/h3-11,13H,12H2,1-2H3,(H,21,22)(H,23,24)/b20-11+/t13-/m1/s1. The van der Waals surface area contributed by atoms with Crippen molar-refractivity contribution in [3.05, 3.63) is 54.1 Å². The second-order valence-corrected chi connectivity index (χ2v) is 5.42. The van der Waals surface area contributed by atoms with E-state index in [4.69, 9.17) is 19.3 Å². The van der Waals surface area contributed by atoms with Crippen LogP contribution in [0.25, 0.3) is 0 Å². The van der Waals surface area contributed by atoms with Gasteiger partial charge in [-0.25, -0.2) is 10.2 Å². The second kappa shape index (κ2) is 9.81. The van der Waals surface area contributed by atoms with E-state index in [0.29, 0.717) is 22.8 Å². The number of hydrogen-bond donors (Lipinski definition) is 2. The number of aliphatic carboxylic acids is 1. The van der Waals surface area contributed by atoms with Crippen molar-refractivity contribution in [3.63, 3.8) is 0 Å². The van der Waals surface area contributed by atoms with Gasteiger partial charge in [-0.2, -0.15) is 5.10 Å². The zero-order chi connectivity index (χ0) is 19.6. The van der Waals surface area contributed by atoms with Crippen molar-refractivity contribution < 1.29 is 28.9 Å². The highest BCUT2D eigenvalue weighted by molar-refractivity contribution is 5.83. The molecule has 0 fully saturated rings. The van der Waals surface area contributed by atoms with Gasteiger partial charge in [-0.05, 0) is 61.0 Å². The quantitative estimate of drug-likeness (QED) is 0.516. The largest absolute Gasteiger partial charge is 0.497 e. The Labute approximate surface area is 156 Å². The summed E-state index contributed by atoms with van der Waals surface area (Å²) in [5.74, 6) is 0.225. The fraction of sp³-hybridized carbons (Fsp3) is 0.211. The molecule has 1 amide bonds. The number of carboxylic acid groups (broad SMARTS) is 1. The number of hydrazone groups is 1. The van der Waals surface area contributed by atoms with Crippen LogP contribution in [0.5, 0.6) is 17.2 Å². The number of benzene rings is 2. The van der Waals surface area contributed by atoms with E-state index in [1.807, 2.05) is 0 Å². The molecule has 2 rings (SSSR count). The van der Waals surface area contributed by atoms with Gasteiger partial charge in [0, 0.05) is 0 Å². The van der Waals surface area contributed by atoms with Gasteiger partial charge in [0.2, 0.25) is 0 Å². The first-order valence-electron chi connectivity index (χ1n) is 8.06. The Bertz CT molecular complexity index is 787. The van der Waals surface area contributed by atoms with Crippen LogP contribution in [0.15, 0.2) is 53.6 Å². The summed E-state index contributed by atoms with van der Waals surface area (Å²) >= 11 is 0. The van der Waals surface area contributed by atoms with Crippen molar-refractivity contribution in [2.45, 2.75) is 13.0 Å². The van der Waals surface area contributed by atoms with E-state index < -0.39 is 18.0 Å². The molecule has 0 aliphatic carbocycles. The molecule has 0 spiro atoms. The van der Waals surface area contributed by atoms with Crippen LogP contribution < -0.4 is 19.6 Å². The molecule has 2 aromatic rings. The molecule has 0 aromatic heterocycles. The molecule has 0 saturated carbocycles. The normalized spacial score (nSPS) is 11.6. The number of carboxylic acids is 1. The number of nitrogens with one attached hydrogen (secondary N) is 1. The third-order valence-electron chi connectivity index (χ3n) is 3.37. The predicted octanol–water partition coefficient (Wildman–Crippen LogP) is 2.08. The molecular weight excluding hydrogens is 352 g/mol. The first-order valence-corrected chi connectivity index (χ1v) is 8.06. The van der Waals surface area contributed by atoms with E-state index in [1.165, 1.54) is 13.1 Å². The molecule has 8 nitrogen and oxygen atoms in total. The highest BCUT2D eigenvalue weighted by Gasteiger charge is 2.11. The SMILES string of the molecule is COc1ccc(OCC(=O)N/N=C/c2ccc(O[C@H](C)C(=O)O)cc2)cc1. The van der Waals surface area contributed by atoms with Crippen LogP contribution in [0.4, 0.5) is 0 Å². The fourth-order valence-electron chi connectivity index (χ4n) is 1.92. The van der Waals surface area contributed by atoms with Crippen molar-refractivity contribution in [1.82, 2.24) is 5.43 Å². The Hall–Kier alpha value is -3.55. The molecule has 2 aromatic carbocycles. The molecule has 27 heavy (non-hydrogen) atoms. The van der Waals surface area contributed by atoms with Crippen LogP contribution in [0.1, 0.15) is 12.5 Å². The van der Waals surface area contributed by atoms with E-state index in [1.54, 1.807) is 55.6 Å². The lowest BCUT2D eigenvalue weighted by Gasteiger charge is -2.09. The molecule has 0 unspecified atom stereocenters. The van der Waals surface area contributed by atoms with Crippen LogP contribution in [-0.4, -0.2) is 43.0 Å². The molecule has 1 atom stereocenters. The number of nitrogens with zero attached hydrogens (tertiary/aromatic N) is 1. The first-order chi connectivity index (χ1) is 13.0. The Morgan fingerprint density at radius 1 is 1.07 bits per heavy atom. The van der Waals surface area contributed by atoms with Gasteiger partial charge in [0.15, 0.2) is 12.7 Å². The molecule has 142 valence electrons. The van der Waals surface area contributed by atoms with E-state index >= 15 is 0 Å². The number of ether oxygens (including phenoxy) is 3. The number of methoxy groups -OCH3 is 1. The van der Waals surface area contributed by atoms with Gasteiger partial charge in [-0.1, -0.05) is 0 Å². The van der Waals surface area contributed by atoms with E-state index in [-0.39, 0.29) is 6.61 Å². The van der Waals surface area contributed by atoms with Crippen molar-refractivity contribution in [3.8, 4) is 17.2 Å². The molecule has 0 aliphatic heterocycles. The number of carbonyl (C=O) groups excluding carboxylic acids is 1. The zero-order valence-electron chi connectivity index (χ0n) is 14.9. The Balaban J connectivity index is 1.76. The van der Waals surface area contributed by atoms with Gasteiger partial charge in [0.05, 0.1) is 13.3 Å². The van der Waals surface area contributed by atoms with Crippen LogP contribution in [0.2, 0.25) is 0 Å². The first kappa shape index (κ1) is 19.8. The summed E-state index contributed by atoms with van der Waals surface area (Å²) in [5, 5.41) is 12.6. The molecule has 8 heteroatoms. The Morgan fingerprint density at radius 2 is 1.67 bits per heavy atom. The molecule has 0 heterocycles. The third-order valence-corrected chi connectivity index (χ3v) is 3.37. The van der Waals surface area contributed by atoms with Crippen LogP contribution in [-0.2, 0) is 9.59 Å². The van der Waals surface area contributed by atoms with Gasteiger partial charge in [0.25, 0.3) is 5.91 Å². The van der Waals surface area contributed by atoms with Gasteiger partial charge in [0.1, 0.15) is 17.2 Å². The summed E-state index contributed by atoms with van der Waals surface area (Å²) in [4.78, 5) is 22.5. The maximum atomic E-state index is 11.7. The van der Waals surface area contributed by atoms with Crippen molar-refractivity contribution in [2.24, 2.45) is 5.10 Å². The molecule has 0 bridgehead atoms. The average molecular weight is 372 g/mol. The maximum absolute atomic E-state index is 11.7. The summed E-state index contributed by atoms with van der Waals surface area (Å²) in [6, 6.07) is 13.5. The lowest BCUT2D eigenvalue weighted by Crippen LogP contribution is -2.24. The average Bonchev–Trinajstić information content (AvgIpc) is 2.68. The summed E-state index contributed by atoms with van der Waals surface area (Å²) in [6.07, 6.45) is 0.518.